The molecule has 0 saturated heterocycles. The zero-order valence-electron chi connectivity index (χ0n) is 10.7. The molecule has 0 aromatic heterocycles. The molecule has 0 aliphatic carbocycles. The van der Waals surface area contributed by atoms with Gasteiger partial charge in [0.2, 0.25) is 0 Å². The van der Waals surface area contributed by atoms with Crippen LogP contribution in [-0.4, -0.2) is 19.9 Å². The molecule has 0 aliphatic rings. The Labute approximate surface area is 98.3 Å². The van der Waals surface area contributed by atoms with Gasteiger partial charge in [-0.05, 0) is 18.6 Å². The predicted octanol–water partition coefficient (Wildman–Crippen LogP) is 3.37. The van der Waals surface area contributed by atoms with Crippen molar-refractivity contribution >= 4 is 11.5 Å². The number of benzene rings is 1. The van der Waals surface area contributed by atoms with Gasteiger partial charge in [-0.3, -0.25) is 4.79 Å². The molecule has 2 nitrogen and oxygen atoms in total. The number of Topliss-reactive ketones (excluding diaryl/α,β-unsaturated/α-hetero) is 1. The van der Waals surface area contributed by atoms with E-state index in [1.165, 1.54) is 0 Å². The van der Waals surface area contributed by atoms with Gasteiger partial charge in [-0.1, -0.05) is 32.4 Å². The summed E-state index contributed by atoms with van der Waals surface area (Å²) >= 11 is 0. The van der Waals surface area contributed by atoms with E-state index in [2.05, 4.69) is 6.92 Å². The number of hydrogen-bond donors (Lipinski definition) is 0. The number of carbonyl (C=O) groups excluding carboxylic acids is 1. The van der Waals surface area contributed by atoms with Gasteiger partial charge < -0.3 is 4.90 Å². The third kappa shape index (κ3) is 3.09. The summed E-state index contributed by atoms with van der Waals surface area (Å²) in [4.78, 5) is 14.1. The molecular formula is C14H21NO. The number of ketones is 1. The molecule has 1 atom stereocenters. The fraction of sp³-hybridized carbons (Fsp3) is 0.500. The average molecular weight is 219 g/mol. The van der Waals surface area contributed by atoms with E-state index in [1.54, 1.807) is 0 Å². The van der Waals surface area contributed by atoms with Crippen molar-refractivity contribution in [1.29, 1.82) is 0 Å². The Morgan fingerprint density at radius 1 is 1.38 bits per heavy atom. The Hall–Kier alpha value is -1.31. The maximum atomic E-state index is 12.1. The van der Waals surface area contributed by atoms with E-state index in [-0.39, 0.29) is 11.7 Å². The van der Waals surface area contributed by atoms with Crippen molar-refractivity contribution in [3.63, 3.8) is 0 Å². The molecule has 0 fully saturated rings. The van der Waals surface area contributed by atoms with E-state index in [0.29, 0.717) is 0 Å². The van der Waals surface area contributed by atoms with Gasteiger partial charge in [0.25, 0.3) is 0 Å². The van der Waals surface area contributed by atoms with E-state index in [0.717, 1.165) is 24.1 Å². The standard InChI is InChI=1S/C14H21NO/c1-5-7-11(2)14(16)12-8-6-9-13(10-12)15(3)4/h6,8-11H,5,7H2,1-4H3. The van der Waals surface area contributed by atoms with Gasteiger partial charge >= 0.3 is 0 Å². The maximum absolute atomic E-state index is 12.1. The number of rotatable bonds is 5. The fourth-order valence-corrected chi connectivity index (χ4v) is 1.79. The Morgan fingerprint density at radius 3 is 2.62 bits per heavy atom. The topological polar surface area (TPSA) is 20.3 Å². The summed E-state index contributed by atoms with van der Waals surface area (Å²) in [6.45, 7) is 4.12. The molecule has 0 aliphatic heterocycles. The number of carbonyl (C=O) groups is 1. The summed E-state index contributed by atoms with van der Waals surface area (Å²) in [7, 11) is 3.97. The Balaban J connectivity index is 2.87. The molecular weight excluding hydrogens is 198 g/mol. The summed E-state index contributed by atoms with van der Waals surface area (Å²) in [6, 6.07) is 7.83. The van der Waals surface area contributed by atoms with Crippen molar-refractivity contribution in [3.8, 4) is 0 Å². The van der Waals surface area contributed by atoms with Crippen LogP contribution in [0.2, 0.25) is 0 Å². The second-order valence-electron chi connectivity index (χ2n) is 4.50. The lowest BCUT2D eigenvalue weighted by molar-refractivity contribution is 0.0923. The van der Waals surface area contributed by atoms with E-state index in [1.807, 2.05) is 50.2 Å². The molecule has 0 N–H and O–H groups in total. The molecule has 0 heterocycles. The SMILES string of the molecule is CCCC(C)C(=O)c1cccc(N(C)C)c1. The van der Waals surface area contributed by atoms with Crippen molar-refractivity contribution in [2.24, 2.45) is 5.92 Å². The van der Waals surface area contributed by atoms with Crippen LogP contribution < -0.4 is 4.90 Å². The first-order chi connectivity index (χ1) is 7.56. The molecule has 0 spiro atoms. The number of hydrogen-bond acceptors (Lipinski definition) is 2. The van der Waals surface area contributed by atoms with Gasteiger partial charge in [-0.25, -0.2) is 0 Å². The molecule has 16 heavy (non-hydrogen) atoms. The summed E-state index contributed by atoms with van der Waals surface area (Å²) in [5.41, 5.74) is 1.90. The monoisotopic (exact) mass is 219 g/mol. The Morgan fingerprint density at radius 2 is 2.06 bits per heavy atom. The molecule has 0 saturated carbocycles. The van der Waals surface area contributed by atoms with E-state index in [9.17, 15) is 4.79 Å². The van der Waals surface area contributed by atoms with Crippen LogP contribution in [0.5, 0.6) is 0 Å². The van der Waals surface area contributed by atoms with Crippen LogP contribution in [0, 0.1) is 5.92 Å². The highest BCUT2D eigenvalue weighted by atomic mass is 16.1. The lowest BCUT2D eigenvalue weighted by Gasteiger charge is -2.14. The number of anilines is 1. The minimum atomic E-state index is 0.127. The van der Waals surface area contributed by atoms with Crippen molar-refractivity contribution in [1.82, 2.24) is 0 Å². The molecule has 0 radical (unpaired) electrons. The van der Waals surface area contributed by atoms with E-state index in [4.69, 9.17) is 0 Å². The smallest absolute Gasteiger partial charge is 0.165 e. The van der Waals surface area contributed by atoms with Crippen molar-refractivity contribution in [3.05, 3.63) is 29.8 Å². The van der Waals surface area contributed by atoms with Crippen LogP contribution >= 0.6 is 0 Å². The number of nitrogens with zero attached hydrogens (tertiary/aromatic N) is 1. The molecule has 0 bridgehead atoms. The summed E-state index contributed by atoms with van der Waals surface area (Å²) in [5, 5.41) is 0. The Bertz CT molecular complexity index is 358. The quantitative estimate of drug-likeness (QED) is 0.708. The first-order valence-electron chi connectivity index (χ1n) is 5.87. The minimum Gasteiger partial charge on any atom is -0.378 e. The molecule has 1 aromatic carbocycles. The van der Waals surface area contributed by atoms with E-state index < -0.39 is 0 Å². The Kier molecular flexibility index (Phi) is 4.53. The molecule has 1 rings (SSSR count). The lowest BCUT2D eigenvalue weighted by atomic mass is 9.95. The van der Waals surface area contributed by atoms with Gasteiger partial charge in [0, 0.05) is 31.3 Å². The second-order valence-corrected chi connectivity index (χ2v) is 4.50. The zero-order valence-corrected chi connectivity index (χ0v) is 10.7. The van der Waals surface area contributed by atoms with Gasteiger partial charge in [0.1, 0.15) is 0 Å². The molecule has 1 aromatic rings. The van der Waals surface area contributed by atoms with Crippen molar-refractivity contribution < 1.29 is 4.79 Å². The predicted molar refractivity (Wildman–Crippen MR) is 69.2 cm³/mol. The molecule has 2 heteroatoms. The third-order valence-electron chi connectivity index (χ3n) is 2.82. The van der Waals surface area contributed by atoms with Crippen LogP contribution in [0.3, 0.4) is 0 Å². The van der Waals surface area contributed by atoms with Crippen LogP contribution in [0.15, 0.2) is 24.3 Å². The van der Waals surface area contributed by atoms with E-state index >= 15 is 0 Å². The largest absolute Gasteiger partial charge is 0.378 e. The molecule has 88 valence electrons. The summed E-state index contributed by atoms with van der Waals surface area (Å²) < 4.78 is 0. The van der Waals surface area contributed by atoms with Gasteiger partial charge in [0.15, 0.2) is 5.78 Å². The minimum absolute atomic E-state index is 0.127. The average Bonchev–Trinajstić information content (AvgIpc) is 2.28. The van der Waals surface area contributed by atoms with Crippen molar-refractivity contribution in [2.75, 3.05) is 19.0 Å². The highest BCUT2D eigenvalue weighted by Gasteiger charge is 2.14. The van der Waals surface area contributed by atoms with Crippen LogP contribution in [0.4, 0.5) is 5.69 Å². The van der Waals surface area contributed by atoms with Crippen LogP contribution in [-0.2, 0) is 0 Å². The van der Waals surface area contributed by atoms with Gasteiger partial charge in [0.05, 0.1) is 0 Å². The van der Waals surface area contributed by atoms with Crippen molar-refractivity contribution in [2.45, 2.75) is 26.7 Å². The first-order valence-corrected chi connectivity index (χ1v) is 5.87. The van der Waals surface area contributed by atoms with Gasteiger partial charge in [-0.2, -0.15) is 0 Å². The van der Waals surface area contributed by atoms with Crippen LogP contribution in [0.1, 0.15) is 37.0 Å². The first kappa shape index (κ1) is 12.8. The van der Waals surface area contributed by atoms with Gasteiger partial charge in [-0.15, -0.1) is 0 Å². The molecule has 0 amide bonds. The fourth-order valence-electron chi connectivity index (χ4n) is 1.79. The summed E-state index contributed by atoms with van der Waals surface area (Å²) in [6.07, 6.45) is 2.02. The third-order valence-corrected chi connectivity index (χ3v) is 2.82. The highest BCUT2D eigenvalue weighted by Crippen LogP contribution is 2.18. The maximum Gasteiger partial charge on any atom is 0.165 e. The second kappa shape index (κ2) is 5.69. The lowest BCUT2D eigenvalue weighted by Crippen LogP contribution is -2.13. The van der Waals surface area contributed by atoms with Crippen LogP contribution in [0.25, 0.3) is 0 Å². The zero-order chi connectivity index (χ0) is 12.1. The summed E-state index contributed by atoms with van der Waals surface area (Å²) in [5.74, 6) is 0.382. The normalized spacial score (nSPS) is 12.2. The molecule has 1 unspecified atom stereocenters. The highest BCUT2D eigenvalue weighted by molar-refractivity contribution is 5.98.